The van der Waals surface area contributed by atoms with Crippen LogP contribution in [0.25, 0.3) is 10.4 Å². The van der Waals surface area contributed by atoms with Crippen molar-refractivity contribution < 1.29 is 29.7 Å². The number of thiazole rings is 1. The molecule has 1 saturated heterocycles. The van der Waals surface area contributed by atoms with Crippen molar-refractivity contribution in [3.05, 3.63) is 41.0 Å². The molecule has 0 radical (unpaired) electrons. The summed E-state index contributed by atoms with van der Waals surface area (Å²) in [6.07, 6.45) is 0.253. The highest BCUT2D eigenvalue weighted by Gasteiger charge is 2.48. The summed E-state index contributed by atoms with van der Waals surface area (Å²) in [5, 5.41) is 36.7. The fourth-order valence-corrected chi connectivity index (χ4v) is 5.76. The van der Waals surface area contributed by atoms with Crippen LogP contribution in [-0.2, 0) is 20.9 Å². The van der Waals surface area contributed by atoms with Gasteiger partial charge in [-0.2, -0.15) is 0 Å². The van der Waals surface area contributed by atoms with E-state index in [1.807, 2.05) is 57.5 Å². The van der Waals surface area contributed by atoms with E-state index in [1.165, 1.54) is 4.90 Å². The molecular formula is C29H42N4O6S. The monoisotopic (exact) mass is 574 g/mol. The van der Waals surface area contributed by atoms with Crippen molar-refractivity contribution in [2.24, 2.45) is 5.41 Å². The summed E-state index contributed by atoms with van der Waals surface area (Å²) in [7, 11) is 0. The summed E-state index contributed by atoms with van der Waals surface area (Å²) < 4.78 is 0. The van der Waals surface area contributed by atoms with Gasteiger partial charge in [0.05, 0.1) is 28.2 Å². The van der Waals surface area contributed by atoms with Crippen LogP contribution in [-0.4, -0.2) is 73.4 Å². The zero-order valence-electron chi connectivity index (χ0n) is 23.9. The van der Waals surface area contributed by atoms with E-state index in [2.05, 4.69) is 15.6 Å². The number of aliphatic hydroxyl groups excluding tert-OH is 1. The van der Waals surface area contributed by atoms with Gasteiger partial charge in [0, 0.05) is 25.9 Å². The minimum Gasteiger partial charge on any atom is -0.481 e. The first kappa shape index (κ1) is 31.7. The van der Waals surface area contributed by atoms with E-state index in [9.17, 15) is 24.6 Å². The van der Waals surface area contributed by atoms with Gasteiger partial charge in [0.1, 0.15) is 11.8 Å². The van der Waals surface area contributed by atoms with Crippen molar-refractivity contribution in [2.45, 2.75) is 97.2 Å². The molecule has 1 aromatic carbocycles. The number of aliphatic hydroxyl groups is 2. The van der Waals surface area contributed by atoms with Crippen LogP contribution in [0, 0.1) is 12.3 Å². The maximum atomic E-state index is 13.8. The van der Waals surface area contributed by atoms with E-state index in [0.29, 0.717) is 19.4 Å². The molecule has 0 bridgehead atoms. The van der Waals surface area contributed by atoms with E-state index in [1.54, 1.807) is 18.3 Å². The maximum absolute atomic E-state index is 13.8. The number of carboxylic acids is 1. The molecule has 0 spiro atoms. The maximum Gasteiger partial charge on any atom is 0.303 e. The van der Waals surface area contributed by atoms with Crippen LogP contribution in [0.1, 0.15) is 71.1 Å². The summed E-state index contributed by atoms with van der Waals surface area (Å²) in [5.74, 6) is -1.62. The first-order chi connectivity index (χ1) is 18.7. The number of nitrogens with zero attached hydrogens (tertiary/aromatic N) is 2. The number of β-amino-alcohol motifs (C(OH)–C–C–N with tert-alkyl or cyclic N) is 1. The molecule has 1 aromatic heterocycles. The SMILES string of the molecule is Cc1ncsc1-c1ccc(CNC(C)(O)[C@@H]2CC(O)CN2C(=O)[C@@H](NC(=O)CCCCC(=O)O)C(C)(C)C)cc1. The van der Waals surface area contributed by atoms with Gasteiger partial charge in [-0.3, -0.25) is 19.7 Å². The van der Waals surface area contributed by atoms with E-state index in [4.69, 9.17) is 5.11 Å². The molecule has 0 aliphatic carbocycles. The van der Waals surface area contributed by atoms with Crippen LogP contribution in [0.2, 0.25) is 0 Å². The second-order valence-corrected chi connectivity index (χ2v) is 12.7. The normalized spacial score (nSPS) is 19.7. The Labute approximate surface area is 239 Å². The Bertz CT molecular complexity index is 1170. The lowest BCUT2D eigenvalue weighted by molar-refractivity contribution is -0.146. The highest BCUT2D eigenvalue weighted by atomic mass is 32.1. The molecule has 2 aromatic rings. The molecule has 11 heteroatoms. The lowest BCUT2D eigenvalue weighted by Gasteiger charge is -2.40. The molecule has 2 heterocycles. The molecule has 10 nitrogen and oxygen atoms in total. The van der Waals surface area contributed by atoms with Gasteiger partial charge in [-0.1, -0.05) is 45.0 Å². The molecule has 1 aliphatic rings. The van der Waals surface area contributed by atoms with Crippen molar-refractivity contribution >= 4 is 29.1 Å². The van der Waals surface area contributed by atoms with Gasteiger partial charge < -0.3 is 25.5 Å². The molecule has 220 valence electrons. The number of unbranched alkanes of at least 4 members (excludes halogenated alkanes) is 1. The predicted octanol–water partition coefficient (Wildman–Crippen LogP) is 3.05. The molecule has 1 aliphatic heterocycles. The van der Waals surface area contributed by atoms with Gasteiger partial charge in [-0.05, 0) is 49.7 Å². The Hall–Kier alpha value is -2.86. The van der Waals surface area contributed by atoms with Gasteiger partial charge >= 0.3 is 5.97 Å². The van der Waals surface area contributed by atoms with Crippen LogP contribution in [0.5, 0.6) is 0 Å². The molecule has 4 atom stereocenters. The number of carbonyl (C=O) groups excluding carboxylic acids is 2. The highest BCUT2D eigenvalue weighted by molar-refractivity contribution is 7.13. The summed E-state index contributed by atoms with van der Waals surface area (Å²) in [4.78, 5) is 44.0. The smallest absolute Gasteiger partial charge is 0.303 e. The van der Waals surface area contributed by atoms with Crippen molar-refractivity contribution in [2.75, 3.05) is 6.54 Å². The zero-order chi connectivity index (χ0) is 29.7. The summed E-state index contributed by atoms with van der Waals surface area (Å²) in [6.45, 7) is 9.49. The molecule has 0 saturated carbocycles. The van der Waals surface area contributed by atoms with Crippen LogP contribution < -0.4 is 10.6 Å². The molecule has 2 unspecified atom stereocenters. The van der Waals surface area contributed by atoms with Crippen LogP contribution in [0.4, 0.5) is 0 Å². The topological polar surface area (TPSA) is 152 Å². The Kier molecular flexibility index (Phi) is 10.5. The number of hydrogen-bond donors (Lipinski definition) is 5. The lowest BCUT2D eigenvalue weighted by atomic mass is 9.85. The molecule has 3 rings (SSSR count). The number of likely N-dealkylation sites (tertiary alicyclic amines) is 1. The van der Waals surface area contributed by atoms with E-state index < -0.39 is 35.3 Å². The third-order valence-corrected chi connectivity index (χ3v) is 8.26. The van der Waals surface area contributed by atoms with E-state index in [-0.39, 0.29) is 37.6 Å². The lowest BCUT2D eigenvalue weighted by Crippen LogP contribution is -2.62. The number of amides is 2. The third-order valence-electron chi connectivity index (χ3n) is 7.29. The van der Waals surface area contributed by atoms with Gasteiger partial charge in [-0.25, -0.2) is 4.98 Å². The number of carboxylic acid groups (broad SMARTS) is 1. The second kappa shape index (κ2) is 13.2. The molecule has 1 fully saturated rings. The largest absolute Gasteiger partial charge is 0.481 e. The van der Waals surface area contributed by atoms with Crippen LogP contribution in [0.3, 0.4) is 0 Å². The van der Waals surface area contributed by atoms with Crippen molar-refractivity contribution in [3.63, 3.8) is 0 Å². The number of rotatable bonds is 12. The number of benzene rings is 1. The van der Waals surface area contributed by atoms with Gasteiger partial charge in [0.2, 0.25) is 11.8 Å². The van der Waals surface area contributed by atoms with E-state index >= 15 is 0 Å². The number of aliphatic carboxylic acids is 1. The fourth-order valence-electron chi connectivity index (χ4n) is 4.95. The predicted molar refractivity (Wildman–Crippen MR) is 153 cm³/mol. The second-order valence-electron chi connectivity index (χ2n) is 11.8. The zero-order valence-corrected chi connectivity index (χ0v) is 24.8. The first-order valence-corrected chi connectivity index (χ1v) is 14.5. The first-order valence-electron chi connectivity index (χ1n) is 13.7. The Morgan fingerprint density at radius 2 is 1.77 bits per heavy atom. The molecule has 2 amide bonds. The summed E-state index contributed by atoms with van der Waals surface area (Å²) in [6, 6.07) is 6.38. The molecule has 40 heavy (non-hydrogen) atoms. The number of aryl methyl sites for hydroxylation is 1. The highest BCUT2D eigenvalue weighted by Crippen LogP contribution is 2.31. The average molecular weight is 575 g/mol. The van der Waals surface area contributed by atoms with Crippen LogP contribution >= 0.6 is 11.3 Å². The van der Waals surface area contributed by atoms with Gasteiger partial charge in [0.15, 0.2) is 0 Å². The van der Waals surface area contributed by atoms with Crippen molar-refractivity contribution in [3.8, 4) is 10.4 Å². The third kappa shape index (κ3) is 8.33. The average Bonchev–Trinajstić information content (AvgIpc) is 3.49. The quantitative estimate of drug-likeness (QED) is 0.192. The number of nitrogens with one attached hydrogen (secondary N) is 2. The molecular weight excluding hydrogens is 532 g/mol. The summed E-state index contributed by atoms with van der Waals surface area (Å²) in [5.41, 5.74) is 2.67. The minimum absolute atomic E-state index is 0.0136. The van der Waals surface area contributed by atoms with Crippen LogP contribution in [0.15, 0.2) is 29.8 Å². The Balaban J connectivity index is 1.67. The van der Waals surface area contributed by atoms with E-state index in [0.717, 1.165) is 21.7 Å². The number of carbonyl (C=O) groups is 3. The Morgan fingerprint density at radius 1 is 1.12 bits per heavy atom. The summed E-state index contributed by atoms with van der Waals surface area (Å²) >= 11 is 1.58. The van der Waals surface area contributed by atoms with Crippen molar-refractivity contribution in [1.82, 2.24) is 20.5 Å². The van der Waals surface area contributed by atoms with Crippen molar-refractivity contribution in [1.29, 1.82) is 0 Å². The number of aromatic nitrogens is 1. The standard InChI is InChI=1S/C29H42N4O6S/c1-18-25(40-17-30-18)20-12-10-19(11-13-20)15-31-29(5,39)22-14-21(34)16-33(22)27(38)26(28(2,3)4)32-23(35)8-6-7-9-24(36)37/h10-13,17,21-22,26,31,34,39H,6-9,14-16H2,1-5H3,(H,32,35)(H,36,37)/t21?,22-,26+,29?/m0/s1. The van der Waals surface area contributed by atoms with Gasteiger partial charge in [0.25, 0.3) is 0 Å². The molecule has 5 N–H and O–H groups in total. The fraction of sp³-hybridized carbons (Fsp3) is 0.586. The Morgan fingerprint density at radius 3 is 2.35 bits per heavy atom. The number of hydrogen-bond acceptors (Lipinski definition) is 8. The van der Waals surface area contributed by atoms with Gasteiger partial charge in [-0.15, -0.1) is 11.3 Å². The minimum atomic E-state index is -1.51.